The number of aromatic hydroxyl groups is 1. The molecular weight excluding hydrogens is 306 g/mol. The highest BCUT2D eigenvalue weighted by Gasteiger charge is 2.09. The SMILES string of the molecule is C=CCc1cc(C=Nc2ccc(C(=O)O)cc2)cc(OCC)c1O. The van der Waals surface area contributed by atoms with Crippen molar-refractivity contribution in [2.24, 2.45) is 4.99 Å². The molecule has 0 aliphatic heterocycles. The number of nitrogens with zero attached hydrogens (tertiary/aromatic N) is 1. The first-order valence-electron chi connectivity index (χ1n) is 7.52. The van der Waals surface area contributed by atoms with E-state index in [-0.39, 0.29) is 11.3 Å². The summed E-state index contributed by atoms with van der Waals surface area (Å²) in [6.07, 6.45) is 3.86. The molecule has 0 saturated carbocycles. The normalized spacial score (nSPS) is 10.7. The summed E-state index contributed by atoms with van der Waals surface area (Å²) in [5.74, 6) is -0.460. The molecular formula is C19H19NO4. The van der Waals surface area contributed by atoms with E-state index in [1.165, 1.54) is 12.1 Å². The van der Waals surface area contributed by atoms with Crippen LogP contribution in [-0.4, -0.2) is 29.0 Å². The lowest BCUT2D eigenvalue weighted by molar-refractivity contribution is 0.0697. The smallest absolute Gasteiger partial charge is 0.335 e. The third kappa shape index (κ3) is 4.23. The van der Waals surface area contributed by atoms with Crippen LogP contribution in [0.1, 0.15) is 28.4 Å². The van der Waals surface area contributed by atoms with Crippen LogP contribution < -0.4 is 4.74 Å². The molecule has 0 amide bonds. The Morgan fingerprint density at radius 1 is 1.29 bits per heavy atom. The Morgan fingerprint density at radius 3 is 2.58 bits per heavy atom. The third-order valence-corrected chi connectivity index (χ3v) is 3.32. The molecule has 0 unspecified atom stereocenters. The van der Waals surface area contributed by atoms with Crippen LogP contribution in [0.2, 0.25) is 0 Å². The molecule has 24 heavy (non-hydrogen) atoms. The molecule has 124 valence electrons. The van der Waals surface area contributed by atoms with Crippen molar-refractivity contribution in [1.29, 1.82) is 0 Å². The van der Waals surface area contributed by atoms with E-state index in [2.05, 4.69) is 11.6 Å². The van der Waals surface area contributed by atoms with Crippen molar-refractivity contribution in [1.82, 2.24) is 0 Å². The molecule has 2 N–H and O–H groups in total. The molecule has 2 rings (SSSR count). The van der Waals surface area contributed by atoms with Gasteiger partial charge in [-0.2, -0.15) is 0 Å². The number of benzene rings is 2. The summed E-state index contributed by atoms with van der Waals surface area (Å²) in [7, 11) is 0. The number of ether oxygens (including phenoxy) is 1. The fraction of sp³-hybridized carbons (Fsp3) is 0.158. The fourth-order valence-corrected chi connectivity index (χ4v) is 2.18. The highest BCUT2D eigenvalue weighted by molar-refractivity contribution is 5.88. The molecule has 2 aromatic rings. The van der Waals surface area contributed by atoms with Crippen LogP contribution in [0.4, 0.5) is 5.69 Å². The zero-order valence-corrected chi connectivity index (χ0v) is 13.4. The number of phenols is 1. The van der Waals surface area contributed by atoms with Gasteiger partial charge in [-0.05, 0) is 55.3 Å². The molecule has 0 spiro atoms. The van der Waals surface area contributed by atoms with Gasteiger partial charge in [0.15, 0.2) is 11.5 Å². The van der Waals surface area contributed by atoms with Gasteiger partial charge in [0.05, 0.1) is 17.9 Å². The topological polar surface area (TPSA) is 79.1 Å². The number of carboxylic acid groups (broad SMARTS) is 1. The maximum atomic E-state index is 10.8. The van der Waals surface area contributed by atoms with Crippen LogP contribution in [0.25, 0.3) is 0 Å². The Hall–Kier alpha value is -3.08. The summed E-state index contributed by atoms with van der Waals surface area (Å²) in [5.41, 5.74) is 2.33. The van der Waals surface area contributed by atoms with Crippen LogP contribution >= 0.6 is 0 Å². The lowest BCUT2D eigenvalue weighted by Crippen LogP contribution is -1.96. The van der Waals surface area contributed by atoms with Gasteiger partial charge in [-0.1, -0.05) is 6.08 Å². The lowest BCUT2D eigenvalue weighted by atomic mass is 10.1. The molecule has 0 aliphatic carbocycles. The summed E-state index contributed by atoms with van der Waals surface area (Å²) in [4.78, 5) is 15.2. The van der Waals surface area contributed by atoms with E-state index in [0.717, 1.165) is 5.56 Å². The Balaban J connectivity index is 2.30. The molecule has 2 aromatic carbocycles. The molecule has 0 aliphatic rings. The Kier molecular flexibility index (Phi) is 5.73. The minimum absolute atomic E-state index is 0.111. The first-order chi connectivity index (χ1) is 11.5. The molecule has 0 radical (unpaired) electrons. The van der Waals surface area contributed by atoms with Crippen LogP contribution in [-0.2, 0) is 6.42 Å². The van der Waals surface area contributed by atoms with Crippen LogP contribution in [0, 0.1) is 0 Å². The summed E-state index contributed by atoms with van der Waals surface area (Å²) >= 11 is 0. The number of carboxylic acids is 1. The van der Waals surface area contributed by atoms with E-state index in [1.807, 2.05) is 13.0 Å². The van der Waals surface area contributed by atoms with Gasteiger partial charge in [-0.3, -0.25) is 4.99 Å². The molecule has 0 atom stereocenters. The largest absolute Gasteiger partial charge is 0.504 e. The highest BCUT2D eigenvalue weighted by Crippen LogP contribution is 2.32. The monoisotopic (exact) mass is 325 g/mol. The standard InChI is InChI=1S/C19H19NO4/c1-3-5-15-10-13(11-17(18(15)21)24-4-2)12-20-16-8-6-14(7-9-16)19(22)23/h3,6-12,21H,1,4-5H2,2H3,(H,22,23). The zero-order chi connectivity index (χ0) is 17.5. The van der Waals surface area contributed by atoms with Gasteiger partial charge >= 0.3 is 5.97 Å². The van der Waals surface area contributed by atoms with Crippen molar-refractivity contribution in [2.75, 3.05) is 6.61 Å². The number of hydrogen-bond donors (Lipinski definition) is 2. The van der Waals surface area contributed by atoms with E-state index in [4.69, 9.17) is 9.84 Å². The number of carbonyl (C=O) groups is 1. The van der Waals surface area contributed by atoms with Crippen molar-refractivity contribution in [3.63, 3.8) is 0 Å². The third-order valence-electron chi connectivity index (χ3n) is 3.32. The first-order valence-corrected chi connectivity index (χ1v) is 7.52. The second-order valence-corrected chi connectivity index (χ2v) is 5.06. The van der Waals surface area contributed by atoms with Crippen LogP contribution in [0.5, 0.6) is 11.5 Å². The fourth-order valence-electron chi connectivity index (χ4n) is 2.18. The minimum Gasteiger partial charge on any atom is -0.504 e. The van der Waals surface area contributed by atoms with Crippen molar-refractivity contribution < 1.29 is 19.7 Å². The predicted molar refractivity (Wildman–Crippen MR) is 93.8 cm³/mol. The average molecular weight is 325 g/mol. The second-order valence-electron chi connectivity index (χ2n) is 5.06. The molecule has 0 aromatic heterocycles. The summed E-state index contributed by atoms with van der Waals surface area (Å²) in [6, 6.07) is 9.79. The van der Waals surface area contributed by atoms with Crippen molar-refractivity contribution in [2.45, 2.75) is 13.3 Å². The predicted octanol–water partition coefficient (Wildman–Crippen LogP) is 3.97. The van der Waals surface area contributed by atoms with Crippen molar-refractivity contribution >= 4 is 17.9 Å². The van der Waals surface area contributed by atoms with E-state index >= 15 is 0 Å². The van der Waals surface area contributed by atoms with Crippen molar-refractivity contribution in [3.8, 4) is 11.5 Å². The van der Waals surface area contributed by atoms with E-state index in [1.54, 1.807) is 30.5 Å². The summed E-state index contributed by atoms with van der Waals surface area (Å²) in [6.45, 7) is 5.97. The van der Waals surface area contributed by atoms with Crippen LogP contribution in [0.3, 0.4) is 0 Å². The minimum atomic E-state index is -0.973. The molecule has 5 heteroatoms. The number of allylic oxidation sites excluding steroid dienone is 1. The van der Waals surface area contributed by atoms with Gasteiger partial charge < -0.3 is 14.9 Å². The van der Waals surface area contributed by atoms with Crippen molar-refractivity contribution in [3.05, 3.63) is 65.7 Å². The zero-order valence-electron chi connectivity index (χ0n) is 13.4. The van der Waals surface area contributed by atoms with E-state index < -0.39 is 5.97 Å². The van der Waals surface area contributed by atoms with E-state index in [0.29, 0.717) is 30.0 Å². The second kappa shape index (κ2) is 7.97. The van der Waals surface area contributed by atoms with E-state index in [9.17, 15) is 9.90 Å². The maximum Gasteiger partial charge on any atom is 0.335 e. The molecule has 0 fully saturated rings. The van der Waals surface area contributed by atoms with Gasteiger partial charge in [-0.25, -0.2) is 4.79 Å². The van der Waals surface area contributed by atoms with Gasteiger partial charge in [0.25, 0.3) is 0 Å². The highest BCUT2D eigenvalue weighted by atomic mass is 16.5. The van der Waals surface area contributed by atoms with Gasteiger partial charge in [0.2, 0.25) is 0 Å². The maximum absolute atomic E-state index is 10.8. The number of aromatic carboxylic acids is 1. The average Bonchev–Trinajstić information content (AvgIpc) is 2.57. The quantitative estimate of drug-likeness (QED) is 0.596. The Bertz CT molecular complexity index is 764. The molecule has 5 nitrogen and oxygen atoms in total. The molecule has 0 bridgehead atoms. The number of hydrogen-bond acceptors (Lipinski definition) is 4. The molecule has 0 heterocycles. The number of aliphatic imine (C=N–C) groups is 1. The molecule has 0 saturated heterocycles. The van der Waals surface area contributed by atoms with Gasteiger partial charge in [-0.15, -0.1) is 6.58 Å². The van der Waals surface area contributed by atoms with Gasteiger partial charge in [0.1, 0.15) is 0 Å². The first kappa shape index (κ1) is 17.3. The van der Waals surface area contributed by atoms with Gasteiger partial charge in [0, 0.05) is 11.8 Å². The lowest BCUT2D eigenvalue weighted by Gasteiger charge is -2.10. The number of phenolic OH excluding ortho intramolecular Hbond substituents is 1. The summed E-state index contributed by atoms with van der Waals surface area (Å²) in [5, 5.41) is 19.1. The number of rotatable bonds is 7. The Labute approximate surface area is 140 Å². The Morgan fingerprint density at radius 2 is 2.00 bits per heavy atom. The summed E-state index contributed by atoms with van der Waals surface area (Å²) < 4.78 is 5.45. The van der Waals surface area contributed by atoms with Crippen LogP contribution in [0.15, 0.2) is 54.0 Å².